The minimum absolute atomic E-state index is 0.227. The number of rotatable bonds is 2. The molecular weight excluding hydrogens is 302 g/mol. The molecule has 0 N–H and O–H groups in total. The zero-order valence-corrected chi connectivity index (χ0v) is 13.7. The molecule has 2 heterocycles. The number of pyridine rings is 1. The molecule has 0 spiro atoms. The third-order valence-electron chi connectivity index (χ3n) is 3.18. The highest BCUT2D eigenvalue weighted by molar-refractivity contribution is 7.85. The van der Waals surface area contributed by atoms with E-state index in [1.165, 1.54) is 6.20 Å². The quantitative estimate of drug-likeness (QED) is 0.832. The third kappa shape index (κ3) is 3.83. The molecule has 1 saturated heterocycles. The van der Waals surface area contributed by atoms with Crippen molar-refractivity contribution in [2.24, 2.45) is 0 Å². The van der Waals surface area contributed by atoms with Crippen molar-refractivity contribution in [3.05, 3.63) is 23.9 Å². The number of ether oxygens (including phenoxy) is 1. The Balaban J connectivity index is 2.06. The van der Waals surface area contributed by atoms with E-state index in [9.17, 15) is 9.00 Å². The Morgan fingerprint density at radius 3 is 2.91 bits per heavy atom. The van der Waals surface area contributed by atoms with Crippen molar-refractivity contribution in [2.75, 3.05) is 13.1 Å². The van der Waals surface area contributed by atoms with Crippen LogP contribution in [0, 0.1) is 11.3 Å². The first-order valence-electron chi connectivity index (χ1n) is 7.05. The zero-order chi connectivity index (χ0) is 16.3. The molecule has 0 bridgehead atoms. The second kappa shape index (κ2) is 6.44. The van der Waals surface area contributed by atoms with Gasteiger partial charge in [-0.25, -0.2) is 9.78 Å². The van der Waals surface area contributed by atoms with Crippen molar-refractivity contribution < 1.29 is 13.7 Å². The lowest BCUT2D eigenvalue weighted by Crippen LogP contribution is -2.36. The van der Waals surface area contributed by atoms with Gasteiger partial charge in [0, 0.05) is 19.3 Å². The molecule has 0 unspecified atom stereocenters. The predicted molar refractivity (Wildman–Crippen MR) is 81.6 cm³/mol. The maximum atomic E-state index is 12.6. The molecule has 0 saturated carbocycles. The molecule has 1 aliphatic heterocycles. The van der Waals surface area contributed by atoms with Crippen LogP contribution in [0.2, 0.25) is 0 Å². The van der Waals surface area contributed by atoms with Gasteiger partial charge in [-0.1, -0.05) is 0 Å². The van der Waals surface area contributed by atoms with Gasteiger partial charge in [0.2, 0.25) is 0 Å². The van der Waals surface area contributed by atoms with Crippen LogP contribution in [0.1, 0.15) is 32.8 Å². The largest absolute Gasteiger partial charge is 0.444 e. The monoisotopic (exact) mass is 321 g/mol. The second-order valence-electron chi connectivity index (χ2n) is 6.10. The summed E-state index contributed by atoms with van der Waals surface area (Å²) in [5, 5.41) is 9.13. The number of carbonyl (C=O) groups excluding carboxylic acids is 1. The summed E-state index contributed by atoms with van der Waals surface area (Å²) in [5.74, 6) is 0. The van der Waals surface area contributed by atoms with Gasteiger partial charge in [0.15, 0.2) is 0 Å². The Hall–Kier alpha value is -1.94. The minimum Gasteiger partial charge on any atom is -0.444 e. The Bertz CT molecular complexity index is 634. The first-order valence-corrected chi connectivity index (χ1v) is 8.27. The average molecular weight is 321 g/mol. The topological polar surface area (TPSA) is 83.3 Å². The molecule has 7 heteroatoms. The van der Waals surface area contributed by atoms with Gasteiger partial charge in [-0.2, -0.15) is 5.26 Å². The normalized spacial score (nSPS) is 19.5. The standard InChI is InChI=1S/C15H19N3O3S/c1-15(2,3)21-14(19)18-8-6-12(10-18)22(20)13-11(9-16)5-4-7-17-13/h4-5,7,12H,6,8,10H2,1-3H3/t12-,22-/m1/s1. The molecule has 1 fully saturated rings. The van der Waals surface area contributed by atoms with Crippen molar-refractivity contribution in [3.63, 3.8) is 0 Å². The summed E-state index contributed by atoms with van der Waals surface area (Å²) in [6.07, 6.45) is 1.73. The summed E-state index contributed by atoms with van der Waals surface area (Å²) < 4.78 is 17.9. The first-order chi connectivity index (χ1) is 10.3. The molecule has 22 heavy (non-hydrogen) atoms. The van der Waals surface area contributed by atoms with E-state index in [1.807, 2.05) is 26.8 Å². The van der Waals surface area contributed by atoms with Crippen LogP contribution in [0.3, 0.4) is 0 Å². The molecule has 2 atom stereocenters. The van der Waals surface area contributed by atoms with Crippen molar-refractivity contribution in [1.29, 1.82) is 5.26 Å². The van der Waals surface area contributed by atoms with Crippen LogP contribution in [0.5, 0.6) is 0 Å². The van der Waals surface area contributed by atoms with E-state index in [-0.39, 0.29) is 5.25 Å². The van der Waals surface area contributed by atoms with Crippen molar-refractivity contribution in [3.8, 4) is 6.07 Å². The molecular formula is C15H19N3O3S. The minimum atomic E-state index is -1.41. The van der Waals surface area contributed by atoms with Crippen molar-refractivity contribution in [1.82, 2.24) is 9.88 Å². The Labute approximate surface area is 132 Å². The Kier molecular flexibility index (Phi) is 4.81. The average Bonchev–Trinajstić information content (AvgIpc) is 2.94. The lowest BCUT2D eigenvalue weighted by molar-refractivity contribution is 0.0295. The molecule has 1 amide bonds. The summed E-state index contributed by atoms with van der Waals surface area (Å²) in [5.41, 5.74) is -0.236. The van der Waals surface area contributed by atoms with Crippen molar-refractivity contribution in [2.45, 2.75) is 43.1 Å². The van der Waals surface area contributed by atoms with Crippen LogP contribution in [0.15, 0.2) is 23.4 Å². The molecule has 0 radical (unpaired) electrons. The van der Waals surface area contributed by atoms with Gasteiger partial charge in [-0.05, 0) is 39.3 Å². The van der Waals surface area contributed by atoms with E-state index in [2.05, 4.69) is 4.98 Å². The Morgan fingerprint density at radius 2 is 2.27 bits per heavy atom. The number of nitriles is 1. The lowest BCUT2D eigenvalue weighted by atomic mass is 10.2. The van der Waals surface area contributed by atoms with E-state index >= 15 is 0 Å². The summed E-state index contributed by atoms with van der Waals surface area (Å²) >= 11 is 0. The van der Waals surface area contributed by atoms with Crippen LogP contribution in [0.25, 0.3) is 0 Å². The SMILES string of the molecule is CC(C)(C)OC(=O)N1CC[C@@H]([S@@](=O)c2ncccc2C#N)C1. The molecule has 1 aliphatic rings. The van der Waals surface area contributed by atoms with E-state index < -0.39 is 22.5 Å². The van der Waals surface area contributed by atoms with Crippen molar-refractivity contribution >= 4 is 16.9 Å². The maximum Gasteiger partial charge on any atom is 0.410 e. The van der Waals surface area contributed by atoms with Crippen LogP contribution in [-0.4, -0.2) is 44.1 Å². The smallest absolute Gasteiger partial charge is 0.410 e. The second-order valence-corrected chi connectivity index (χ2v) is 7.75. The molecule has 1 aromatic rings. The molecule has 1 aromatic heterocycles. The number of hydrogen-bond acceptors (Lipinski definition) is 5. The van der Waals surface area contributed by atoms with Gasteiger partial charge in [-0.3, -0.25) is 4.21 Å². The van der Waals surface area contributed by atoms with Gasteiger partial charge >= 0.3 is 6.09 Å². The fraction of sp³-hybridized carbons (Fsp3) is 0.533. The highest BCUT2D eigenvalue weighted by Crippen LogP contribution is 2.22. The van der Waals surface area contributed by atoms with Gasteiger partial charge in [0.25, 0.3) is 0 Å². The third-order valence-corrected chi connectivity index (χ3v) is 4.88. The zero-order valence-electron chi connectivity index (χ0n) is 12.9. The number of likely N-dealkylation sites (tertiary alicyclic amines) is 1. The summed E-state index contributed by atoms with van der Waals surface area (Å²) in [6, 6.07) is 5.24. The van der Waals surface area contributed by atoms with Gasteiger partial charge < -0.3 is 9.64 Å². The van der Waals surface area contributed by atoms with Crippen LogP contribution >= 0.6 is 0 Å². The fourth-order valence-corrected chi connectivity index (χ4v) is 3.64. The maximum absolute atomic E-state index is 12.6. The van der Waals surface area contributed by atoms with E-state index in [0.29, 0.717) is 30.1 Å². The molecule has 118 valence electrons. The summed E-state index contributed by atoms with van der Waals surface area (Å²) in [6.45, 7) is 6.28. The number of aromatic nitrogens is 1. The number of carbonyl (C=O) groups is 1. The molecule has 6 nitrogen and oxygen atoms in total. The molecule has 0 aliphatic carbocycles. The van der Waals surface area contributed by atoms with E-state index in [4.69, 9.17) is 10.00 Å². The summed E-state index contributed by atoms with van der Waals surface area (Å²) in [4.78, 5) is 17.6. The highest BCUT2D eigenvalue weighted by Gasteiger charge is 2.34. The number of nitrogens with zero attached hydrogens (tertiary/aromatic N) is 3. The van der Waals surface area contributed by atoms with Crippen LogP contribution in [-0.2, 0) is 15.5 Å². The van der Waals surface area contributed by atoms with Crippen LogP contribution < -0.4 is 0 Å². The lowest BCUT2D eigenvalue weighted by Gasteiger charge is -2.24. The molecule has 2 rings (SSSR count). The van der Waals surface area contributed by atoms with Gasteiger partial charge in [0.05, 0.1) is 21.6 Å². The fourth-order valence-electron chi connectivity index (χ4n) is 2.19. The van der Waals surface area contributed by atoms with Gasteiger partial charge in [0.1, 0.15) is 16.7 Å². The predicted octanol–water partition coefficient (Wildman–Crippen LogP) is 2.07. The number of amides is 1. The number of hydrogen-bond donors (Lipinski definition) is 0. The Morgan fingerprint density at radius 1 is 1.55 bits per heavy atom. The highest BCUT2D eigenvalue weighted by atomic mass is 32.2. The van der Waals surface area contributed by atoms with Gasteiger partial charge in [-0.15, -0.1) is 0 Å². The van der Waals surface area contributed by atoms with Crippen LogP contribution in [0.4, 0.5) is 4.79 Å². The van der Waals surface area contributed by atoms with E-state index in [0.717, 1.165) is 0 Å². The summed E-state index contributed by atoms with van der Waals surface area (Å²) in [7, 11) is -1.41. The first kappa shape index (κ1) is 16.4. The molecule has 0 aromatic carbocycles. The van der Waals surface area contributed by atoms with E-state index in [1.54, 1.807) is 17.0 Å².